The number of hydrogen-bond acceptors (Lipinski definition) is 2. The highest BCUT2D eigenvalue weighted by atomic mass is 35.5. The van der Waals surface area contributed by atoms with Crippen molar-refractivity contribution in [1.82, 2.24) is 4.90 Å². The summed E-state index contributed by atoms with van der Waals surface area (Å²) in [5, 5.41) is 10.5. The molecule has 1 aromatic rings. The minimum atomic E-state index is -0.671. The van der Waals surface area contributed by atoms with Crippen LogP contribution in [0.2, 0.25) is 5.02 Å². The van der Waals surface area contributed by atoms with E-state index in [1.54, 1.807) is 0 Å². The highest BCUT2D eigenvalue weighted by Crippen LogP contribution is 2.22. The van der Waals surface area contributed by atoms with Gasteiger partial charge in [-0.05, 0) is 45.5 Å². The van der Waals surface area contributed by atoms with Crippen LogP contribution in [0.1, 0.15) is 32.4 Å². The van der Waals surface area contributed by atoms with E-state index in [2.05, 4.69) is 11.8 Å². The Kier molecular flexibility index (Phi) is 4.36. The standard InChI is InChI=1S/C13H20ClNO/c1-10(15(4)9-13(2,3)16)11-5-7-12(14)8-6-11/h5-8,10,16H,9H2,1-4H3. The second-order valence-electron chi connectivity index (χ2n) is 4.96. The van der Waals surface area contributed by atoms with Crippen molar-refractivity contribution in [3.8, 4) is 0 Å². The van der Waals surface area contributed by atoms with Gasteiger partial charge >= 0.3 is 0 Å². The first-order valence-corrected chi connectivity index (χ1v) is 5.85. The molecule has 1 atom stereocenters. The molecule has 90 valence electrons. The molecule has 0 aliphatic rings. The largest absolute Gasteiger partial charge is 0.389 e. The van der Waals surface area contributed by atoms with Gasteiger partial charge in [0.05, 0.1) is 5.60 Å². The molecule has 0 radical (unpaired) electrons. The van der Waals surface area contributed by atoms with Crippen LogP contribution in [0, 0.1) is 0 Å². The maximum absolute atomic E-state index is 9.77. The molecule has 1 aromatic carbocycles. The lowest BCUT2D eigenvalue weighted by molar-refractivity contribution is 0.0334. The quantitative estimate of drug-likeness (QED) is 0.876. The fraction of sp³-hybridized carbons (Fsp3) is 0.538. The Hall–Kier alpha value is -0.570. The highest BCUT2D eigenvalue weighted by molar-refractivity contribution is 6.30. The molecule has 1 unspecified atom stereocenters. The number of halogens is 1. The molecule has 0 amide bonds. The molecule has 2 nitrogen and oxygen atoms in total. The van der Waals surface area contributed by atoms with E-state index in [1.165, 1.54) is 5.56 Å². The third-order valence-corrected chi connectivity index (χ3v) is 2.90. The van der Waals surface area contributed by atoms with Crippen LogP contribution in [0.25, 0.3) is 0 Å². The van der Waals surface area contributed by atoms with Crippen molar-refractivity contribution in [2.75, 3.05) is 13.6 Å². The third-order valence-electron chi connectivity index (χ3n) is 2.65. The van der Waals surface area contributed by atoms with E-state index in [0.29, 0.717) is 6.54 Å². The lowest BCUT2D eigenvalue weighted by Crippen LogP contribution is -2.37. The van der Waals surface area contributed by atoms with Crippen LogP contribution < -0.4 is 0 Å². The number of hydrogen-bond donors (Lipinski definition) is 1. The Labute approximate surface area is 103 Å². The topological polar surface area (TPSA) is 23.5 Å². The van der Waals surface area contributed by atoms with E-state index < -0.39 is 5.60 Å². The van der Waals surface area contributed by atoms with Crippen LogP contribution >= 0.6 is 11.6 Å². The summed E-state index contributed by atoms with van der Waals surface area (Å²) in [7, 11) is 2.01. The molecule has 0 spiro atoms. The summed E-state index contributed by atoms with van der Waals surface area (Å²) in [5.41, 5.74) is 0.534. The molecule has 0 saturated carbocycles. The van der Waals surface area contributed by atoms with Crippen molar-refractivity contribution in [1.29, 1.82) is 0 Å². The molecule has 0 bridgehead atoms. The van der Waals surface area contributed by atoms with Crippen molar-refractivity contribution in [2.24, 2.45) is 0 Å². The van der Waals surface area contributed by atoms with E-state index in [1.807, 2.05) is 45.2 Å². The van der Waals surface area contributed by atoms with Crippen molar-refractivity contribution < 1.29 is 5.11 Å². The van der Waals surface area contributed by atoms with E-state index >= 15 is 0 Å². The van der Waals surface area contributed by atoms with E-state index in [4.69, 9.17) is 11.6 Å². The molecule has 0 aliphatic heterocycles. The summed E-state index contributed by atoms with van der Waals surface area (Å²) in [6.07, 6.45) is 0. The zero-order valence-corrected chi connectivity index (χ0v) is 11.1. The summed E-state index contributed by atoms with van der Waals surface area (Å²) in [5.74, 6) is 0. The molecule has 16 heavy (non-hydrogen) atoms. The number of likely N-dealkylation sites (N-methyl/N-ethyl adjacent to an activating group) is 1. The van der Waals surface area contributed by atoms with Crippen LogP contribution in [0.5, 0.6) is 0 Å². The van der Waals surface area contributed by atoms with Gasteiger partial charge in [-0.1, -0.05) is 23.7 Å². The van der Waals surface area contributed by atoms with Gasteiger partial charge in [0.25, 0.3) is 0 Å². The Bertz CT molecular complexity index is 329. The Morgan fingerprint density at radius 1 is 1.31 bits per heavy atom. The molecular formula is C13H20ClNO. The predicted molar refractivity (Wildman–Crippen MR) is 68.8 cm³/mol. The third kappa shape index (κ3) is 4.12. The second-order valence-corrected chi connectivity index (χ2v) is 5.39. The Balaban J connectivity index is 2.70. The van der Waals surface area contributed by atoms with Gasteiger partial charge in [-0.25, -0.2) is 0 Å². The first-order chi connectivity index (χ1) is 7.29. The molecule has 1 N–H and O–H groups in total. The van der Waals surface area contributed by atoms with Crippen LogP contribution in [-0.4, -0.2) is 29.2 Å². The zero-order valence-electron chi connectivity index (χ0n) is 10.4. The summed E-state index contributed by atoms with van der Waals surface area (Å²) in [6.45, 7) is 6.39. The zero-order chi connectivity index (χ0) is 12.3. The molecule has 3 heteroatoms. The number of nitrogens with zero attached hydrogens (tertiary/aromatic N) is 1. The van der Waals surface area contributed by atoms with E-state index in [-0.39, 0.29) is 6.04 Å². The fourth-order valence-corrected chi connectivity index (χ4v) is 1.87. The van der Waals surface area contributed by atoms with Gasteiger partial charge in [-0.15, -0.1) is 0 Å². The average Bonchev–Trinajstić information content (AvgIpc) is 2.15. The van der Waals surface area contributed by atoms with Crippen molar-refractivity contribution in [3.63, 3.8) is 0 Å². The van der Waals surface area contributed by atoms with Gasteiger partial charge in [0.15, 0.2) is 0 Å². The Morgan fingerprint density at radius 3 is 2.25 bits per heavy atom. The summed E-state index contributed by atoms with van der Waals surface area (Å²) < 4.78 is 0. The van der Waals surface area contributed by atoms with Crippen LogP contribution in [0.15, 0.2) is 24.3 Å². The number of aliphatic hydroxyl groups is 1. The van der Waals surface area contributed by atoms with Gasteiger partial charge < -0.3 is 5.11 Å². The van der Waals surface area contributed by atoms with Gasteiger partial charge in [-0.2, -0.15) is 0 Å². The molecule has 1 rings (SSSR count). The van der Waals surface area contributed by atoms with Crippen LogP contribution in [0.4, 0.5) is 0 Å². The molecule has 0 heterocycles. The first-order valence-electron chi connectivity index (χ1n) is 5.48. The SMILES string of the molecule is CC(c1ccc(Cl)cc1)N(C)CC(C)(C)O. The van der Waals surface area contributed by atoms with Crippen molar-refractivity contribution in [2.45, 2.75) is 32.4 Å². The van der Waals surface area contributed by atoms with Gasteiger partial charge in [0.2, 0.25) is 0 Å². The highest BCUT2D eigenvalue weighted by Gasteiger charge is 2.19. The molecular weight excluding hydrogens is 222 g/mol. The average molecular weight is 242 g/mol. The lowest BCUT2D eigenvalue weighted by Gasteiger charge is -2.30. The maximum atomic E-state index is 9.77. The summed E-state index contributed by atoms with van der Waals surface area (Å²) >= 11 is 5.85. The van der Waals surface area contributed by atoms with Crippen molar-refractivity contribution in [3.05, 3.63) is 34.9 Å². The minimum Gasteiger partial charge on any atom is -0.389 e. The van der Waals surface area contributed by atoms with E-state index in [9.17, 15) is 5.11 Å². The van der Waals surface area contributed by atoms with Crippen LogP contribution in [0.3, 0.4) is 0 Å². The summed E-state index contributed by atoms with van der Waals surface area (Å²) in [6, 6.07) is 8.10. The first kappa shape index (κ1) is 13.5. The fourth-order valence-electron chi connectivity index (χ4n) is 1.74. The van der Waals surface area contributed by atoms with Gasteiger partial charge in [-0.3, -0.25) is 4.90 Å². The molecule has 0 aliphatic carbocycles. The van der Waals surface area contributed by atoms with Gasteiger partial charge in [0.1, 0.15) is 0 Å². The monoisotopic (exact) mass is 241 g/mol. The maximum Gasteiger partial charge on any atom is 0.0718 e. The van der Waals surface area contributed by atoms with Gasteiger partial charge in [0, 0.05) is 17.6 Å². The molecule has 0 fully saturated rings. The molecule has 0 aromatic heterocycles. The number of benzene rings is 1. The number of rotatable bonds is 4. The van der Waals surface area contributed by atoms with E-state index in [0.717, 1.165) is 5.02 Å². The van der Waals surface area contributed by atoms with Crippen molar-refractivity contribution >= 4 is 11.6 Å². The van der Waals surface area contributed by atoms with Crippen LogP contribution in [-0.2, 0) is 0 Å². The smallest absolute Gasteiger partial charge is 0.0718 e. The second kappa shape index (κ2) is 5.17. The minimum absolute atomic E-state index is 0.267. The lowest BCUT2D eigenvalue weighted by atomic mass is 10.0. The summed E-state index contributed by atoms with van der Waals surface area (Å²) in [4.78, 5) is 2.13. The normalized spacial score (nSPS) is 14.2. The predicted octanol–water partition coefficient (Wildman–Crippen LogP) is 3.10. The Morgan fingerprint density at radius 2 is 1.81 bits per heavy atom. The molecule has 0 saturated heterocycles.